The molecule has 0 saturated carbocycles. The summed E-state index contributed by atoms with van der Waals surface area (Å²) in [5.41, 5.74) is 0. The maximum atomic E-state index is 11.9. The van der Waals surface area contributed by atoms with Crippen LogP contribution in [0.2, 0.25) is 0 Å². The summed E-state index contributed by atoms with van der Waals surface area (Å²) in [4.78, 5) is 0. The van der Waals surface area contributed by atoms with Gasteiger partial charge in [0.15, 0.2) is 11.6 Å². The van der Waals surface area contributed by atoms with E-state index in [1.165, 1.54) is 11.7 Å². The van der Waals surface area contributed by atoms with Crippen molar-refractivity contribution in [3.8, 4) is 0 Å². The third-order valence-corrected chi connectivity index (χ3v) is 2.06. The Hall–Kier alpha value is -1.19. The summed E-state index contributed by atoms with van der Waals surface area (Å²) >= 11 is 0. The number of alkyl halides is 3. The summed E-state index contributed by atoms with van der Waals surface area (Å²) in [5.74, 6) is 0.484. The van der Waals surface area contributed by atoms with E-state index < -0.39 is 12.8 Å². The Balaban J connectivity index is 2.61. The van der Waals surface area contributed by atoms with E-state index in [1.54, 1.807) is 0 Å². The molecule has 1 heterocycles. The molecule has 18 heavy (non-hydrogen) atoms. The number of nitrogens with zero attached hydrogens (tertiary/aromatic N) is 3. The SMILES string of the molecule is COCCn1c(CO)nnc1COCC(F)(F)F. The second kappa shape index (κ2) is 6.66. The molecule has 9 heteroatoms. The number of ether oxygens (including phenoxy) is 2. The van der Waals surface area contributed by atoms with Gasteiger partial charge in [0.05, 0.1) is 6.61 Å². The lowest BCUT2D eigenvalue weighted by Crippen LogP contribution is -2.18. The van der Waals surface area contributed by atoms with E-state index in [-0.39, 0.29) is 24.9 Å². The smallest absolute Gasteiger partial charge is 0.388 e. The van der Waals surface area contributed by atoms with Crippen molar-refractivity contribution in [2.75, 3.05) is 20.3 Å². The van der Waals surface area contributed by atoms with Crippen LogP contribution in [-0.2, 0) is 29.2 Å². The van der Waals surface area contributed by atoms with Gasteiger partial charge in [-0.15, -0.1) is 10.2 Å². The van der Waals surface area contributed by atoms with Crippen molar-refractivity contribution in [1.82, 2.24) is 14.8 Å². The minimum absolute atomic E-state index is 0.223. The average Bonchev–Trinajstić information content (AvgIpc) is 2.67. The maximum absolute atomic E-state index is 11.9. The number of hydrogen-bond donors (Lipinski definition) is 1. The van der Waals surface area contributed by atoms with Gasteiger partial charge in [-0.1, -0.05) is 0 Å². The predicted molar refractivity (Wildman–Crippen MR) is 53.5 cm³/mol. The third-order valence-electron chi connectivity index (χ3n) is 2.06. The molecular formula is C9H14F3N3O3. The van der Waals surface area contributed by atoms with Crippen LogP contribution in [0, 0.1) is 0 Å². The number of halogens is 3. The lowest BCUT2D eigenvalue weighted by molar-refractivity contribution is -0.177. The Morgan fingerprint density at radius 3 is 2.50 bits per heavy atom. The minimum Gasteiger partial charge on any atom is -0.388 e. The Kier molecular flexibility index (Phi) is 5.51. The quantitative estimate of drug-likeness (QED) is 0.780. The fraction of sp³-hybridized carbons (Fsp3) is 0.778. The average molecular weight is 269 g/mol. The first-order valence-corrected chi connectivity index (χ1v) is 5.13. The summed E-state index contributed by atoms with van der Waals surface area (Å²) in [7, 11) is 1.49. The van der Waals surface area contributed by atoms with Crippen LogP contribution in [0.5, 0.6) is 0 Å². The van der Waals surface area contributed by atoms with Gasteiger partial charge in [0.1, 0.15) is 19.8 Å². The molecule has 0 bridgehead atoms. The maximum Gasteiger partial charge on any atom is 0.411 e. The Morgan fingerprint density at radius 1 is 1.28 bits per heavy atom. The molecule has 0 aliphatic heterocycles. The van der Waals surface area contributed by atoms with Gasteiger partial charge in [-0.05, 0) is 0 Å². The van der Waals surface area contributed by atoms with Crippen molar-refractivity contribution in [2.45, 2.75) is 25.9 Å². The molecule has 0 aliphatic rings. The molecule has 0 aliphatic carbocycles. The van der Waals surface area contributed by atoms with Crippen molar-refractivity contribution in [1.29, 1.82) is 0 Å². The van der Waals surface area contributed by atoms with Crippen molar-refractivity contribution < 1.29 is 27.8 Å². The molecule has 1 N–H and O–H groups in total. The Labute approximate surface area is 101 Å². The highest BCUT2D eigenvalue weighted by Gasteiger charge is 2.27. The molecule has 0 atom stereocenters. The molecule has 0 aromatic carbocycles. The fourth-order valence-corrected chi connectivity index (χ4v) is 1.29. The number of aliphatic hydroxyl groups excluding tert-OH is 1. The largest absolute Gasteiger partial charge is 0.411 e. The zero-order valence-electron chi connectivity index (χ0n) is 9.77. The Bertz CT molecular complexity index is 368. The number of rotatable bonds is 7. The van der Waals surface area contributed by atoms with Gasteiger partial charge in [0, 0.05) is 13.7 Å². The first-order valence-electron chi connectivity index (χ1n) is 5.13. The zero-order chi connectivity index (χ0) is 13.6. The van der Waals surface area contributed by atoms with Crippen molar-refractivity contribution in [3.63, 3.8) is 0 Å². The minimum atomic E-state index is -4.38. The van der Waals surface area contributed by atoms with Gasteiger partial charge < -0.3 is 19.1 Å². The summed E-state index contributed by atoms with van der Waals surface area (Å²) in [5, 5.41) is 16.3. The number of methoxy groups -OCH3 is 1. The van der Waals surface area contributed by atoms with Crippen LogP contribution in [0.15, 0.2) is 0 Å². The van der Waals surface area contributed by atoms with Gasteiger partial charge in [0.25, 0.3) is 0 Å². The lowest BCUT2D eigenvalue weighted by Gasteiger charge is -2.10. The first kappa shape index (κ1) is 14.9. The Morgan fingerprint density at radius 2 is 1.94 bits per heavy atom. The van der Waals surface area contributed by atoms with Crippen LogP contribution in [0.3, 0.4) is 0 Å². The van der Waals surface area contributed by atoms with Crippen LogP contribution in [0.4, 0.5) is 13.2 Å². The molecular weight excluding hydrogens is 255 g/mol. The van der Waals surface area contributed by atoms with Crippen LogP contribution >= 0.6 is 0 Å². The molecule has 0 saturated heterocycles. The molecule has 1 rings (SSSR count). The van der Waals surface area contributed by atoms with Gasteiger partial charge in [-0.25, -0.2) is 0 Å². The topological polar surface area (TPSA) is 69.4 Å². The molecule has 0 fully saturated rings. The van der Waals surface area contributed by atoms with E-state index in [9.17, 15) is 13.2 Å². The van der Waals surface area contributed by atoms with E-state index >= 15 is 0 Å². The van der Waals surface area contributed by atoms with Gasteiger partial charge in [-0.3, -0.25) is 0 Å². The number of hydrogen-bond acceptors (Lipinski definition) is 5. The van der Waals surface area contributed by atoms with E-state index in [0.717, 1.165) is 0 Å². The van der Waals surface area contributed by atoms with E-state index in [2.05, 4.69) is 14.9 Å². The van der Waals surface area contributed by atoms with Crippen LogP contribution in [-0.4, -0.2) is 46.4 Å². The zero-order valence-corrected chi connectivity index (χ0v) is 9.77. The van der Waals surface area contributed by atoms with E-state index in [1.807, 2.05) is 0 Å². The number of aliphatic hydroxyl groups is 1. The number of aromatic nitrogens is 3. The second-order valence-corrected chi connectivity index (χ2v) is 3.44. The van der Waals surface area contributed by atoms with Gasteiger partial charge in [0.2, 0.25) is 0 Å². The molecule has 0 amide bonds. The highest BCUT2D eigenvalue weighted by atomic mass is 19.4. The van der Waals surface area contributed by atoms with Crippen molar-refractivity contribution >= 4 is 0 Å². The second-order valence-electron chi connectivity index (χ2n) is 3.44. The van der Waals surface area contributed by atoms with Gasteiger partial charge in [-0.2, -0.15) is 13.2 Å². The predicted octanol–water partition coefficient (Wildman–Crippen LogP) is 0.496. The molecule has 104 valence electrons. The van der Waals surface area contributed by atoms with E-state index in [0.29, 0.717) is 13.2 Å². The fourth-order valence-electron chi connectivity index (χ4n) is 1.29. The molecule has 0 radical (unpaired) electrons. The van der Waals surface area contributed by atoms with Crippen LogP contribution < -0.4 is 0 Å². The lowest BCUT2D eigenvalue weighted by atomic mass is 10.5. The highest BCUT2D eigenvalue weighted by Crippen LogP contribution is 2.15. The van der Waals surface area contributed by atoms with Crippen LogP contribution in [0.25, 0.3) is 0 Å². The molecule has 1 aromatic heterocycles. The summed E-state index contributed by atoms with van der Waals surface area (Å²) in [6, 6.07) is 0. The summed E-state index contributed by atoms with van der Waals surface area (Å²) in [6.07, 6.45) is -4.38. The van der Waals surface area contributed by atoms with Gasteiger partial charge >= 0.3 is 6.18 Å². The molecule has 6 nitrogen and oxygen atoms in total. The standard InChI is InChI=1S/C9H14F3N3O3/c1-17-3-2-15-7(4-16)13-14-8(15)5-18-6-9(10,11)12/h16H,2-6H2,1H3. The highest BCUT2D eigenvalue weighted by molar-refractivity contribution is 4.93. The van der Waals surface area contributed by atoms with Crippen molar-refractivity contribution in [3.05, 3.63) is 11.6 Å². The molecule has 0 spiro atoms. The first-order chi connectivity index (χ1) is 8.48. The normalized spacial score (nSPS) is 12.1. The summed E-state index contributed by atoms with van der Waals surface area (Å²) < 4.78 is 46.5. The van der Waals surface area contributed by atoms with Crippen molar-refractivity contribution in [2.24, 2.45) is 0 Å². The monoisotopic (exact) mass is 269 g/mol. The van der Waals surface area contributed by atoms with Crippen LogP contribution in [0.1, 0.15) is 11.6 Å². The molecule has 0 unspecified atom stereocenters. The molecule has 1 aromatic rings. The van der Waals surface area contributed by atoms with E-state index in [4.69, 9.17) is 9.84 Å². The third kappa shape index (κ3) is 4.59. The summed E-state index contributed by atoms with van der Waals surface area (Å²) in [6.45, 7) is -1.35.